The minimum Gasteiger partial charge on any atom is -0.497 e. The Balaban J connectivity index is 1.91. The van der Waals surface area contributed by atoms with Gasteiger partial charge in [-0.05, 0) is 62.1 Å². The van der Waals surface area contributed by atoms with Gasteiger partial charge in [-0.1, -0.05) is 25.1 Å². The van der Waals surface area contributed by atoms with Gasteiger partial charge in [0.25, 0.3) is 0 Å². The third-order valence-corrected chi connectivity index (χ3v) is 6.50. The monoisotopic (exact) mass is 468 g/mol. The van der Waals surface area contributed by atoms with Crippen molar-refractivity contribution >= 4 is 17.6 Å². The van der Waals surface area contributed by atoms with Crippen molar-refractivity contribution in [2.24, 2.45) is 0 Å². The Morgan fingerprint density at radius 2 is 1.88 bits per heavy atom. The van der Waals surface area contributed by atoms with Gasteiger partial charge in [0.1, 0.15) is 17.6 Å². The van der Waals surface area contributed by atoms with E-state index in [4.69, 9.17) is 4.74 Å². The summed E-state index contributed by atoms with van der Waals surface area (Å²) in [7, 11) is 1.59. The highest BCUT2D eigenvalue weighted by Gasteiger charge is 2.36. The summed E-state index contributed by atoms with van der Waals surface area (Å²) in [5, 5.41) is 2.73. The van der Waals surface area contributed by atoms with Gasteiger partial charge in [0, 0.05) is 31.5 Å². The van der Waals surface area contributed by atoms with Crippen LogP contribution < -0.4 is 10.1 Å². The maximum absolute atomic E-state index is 15.1. The van der Waals surface area contributed by atoms with Gasteiger partial charge in [-0.2, -0.15) is 0 Å². The van der Waals surface area contributed by atoms with Crippen LogP contribution in [0.4, 0.5) is 4.39 Å². The van der Waals surface area contributed by atoms with Gasteiger partial charge in [0.05, 0.1) is 12.5 Å². The molecule has 3 rings (SSSR count). The maximum Gasteiger partial charge on any atom is 0.230 e. The van der Waals surface area contributed by atoms with Gasteiger partial charge in [-0.15, -0.1) is 0 Å². The van der Waals surface area contributed by atoms with E-state index >= 15 is 4.39 Å². The number of carbonyl (C=O) groups excluding carboxylic acids is 3. The molecule has 1 heterocycles. The third kappa shape index (κ3) is 4.98. The van der Waals surface area contributed by atoms with Crippen LogP contribution in [0.3, 0.4) is 0 Å². The lowest BCUT2D eigenvalue weighted by molar-refractivity contribution is -0.140. The number of rotatable bonds is 8. The van der Waals surface area contributed by atoms with E-state index in [1.807, 2.05) is 19.1 Å². The van der Waals surface area contributed by atoms with E-state index in [1.165, 1.54) is 6.07 Å². The van der Waals surface area contributed by atoms with Crippen molar-refractivity contribution in [3.63, 3.8) is 0 Å². The second kappa shape index (κ2) is 10.4. The third-order valence-electron chi connectivity index (χ3n) is 6.50. The molecule has 1 N–H and O–H groups in total. The van der Waals surface area contributed by atoms with Crippen LogP contribution in [0.5, 0.6) is 5.75 Å². The van der Waals surface area contributed by atoms with E-state index in [1.54, 1.807) is 51.0 Å². The van der Waals surface area contributed by atoms with E-state index in [-0.39, 0.29) is 29.6 Å². The molecule has 6 nitrogen and oxygen atoms in total. The highest BCUT2D eigenvalue weighted by Crippen LogP contribution is 2.34. The summed E-state index contributed by atoms with van der Waals surface area (Å²) in [5.74, 6) is -0.363. The Kier molecular flexibility index (Phi) is 7.75. The van der Waals surface area contributed by atoms with Gasteiger partial charge < -0.3 is 15.0 Å². The molecule has 0 radical (unpaired) electrons. The molecule has 0 aromatic heterocycles. The van der Waals surface area contributed by atoms with Crippen molar-refractivity contribution in [2.75, 3.05) is 20.2 Å². The Morgan fingerprint density at radius 3 is 2.50 bits per heavy atom. The summed E-state index contributed by atoms with van der Waals surface area (Å²) >= 11 is 0. The fourth-order valence-corrected chi connectivity index (χ4v) is 4.53. The molecule has 2 amide bonds. The fourth-order valence-electron chi connectivity index (χ4n) is 4.53. The number of hydrogen-bond acceptors (Lipinski definition) is 4. The van der Waals surface area contributed by atoms with Crippen LogP contribution >= 0.6 is 0 Å². The van der Waals surface area contributed by atoms with Crippen molar-refractivity contribution in [1.82, 2.24) is 10.2 Å². The maximum atomic E-state index is 15.1. The van der Waals surface area contributed by atoms with Crippen LogP contribution in [0, 0.1) is 5.82 Å². The summed E-state index contributed by atoms with van der Waals surface area (Å²) in [6.45, 7) is 7.82. The number of ether oxygens (including phenoxy) is 1. The number of halogens is 1. The first-order valence-corrected chi connectivity index (χ1v) is 11.7. The molecule has 7 heteroatoms. The average molecular weight is 469 g/mol. The Bertz CT molecular complexity index is 1100. The van der Waals surface area contributed by atoms with Crippen molar-refractivity contribution < 1.29 is 23.5 Å². The lowest BCUT2D eigenvalue weighted by atomic mass is 9.82. The first-order chi connectivity index (χ1) is 16.1. The second-order valence-electron chi connectivity index (χ2n) is 9.10. The first kappa shape index (κ1) is 25.4. The smallest absolute Gasteiger partial charge is 0.230 e. The van der Waals surface area contributed by atoms with Gasteiger partial charge >= 0.3 is 0 Å². The number of ketones is 1. The molecule has 0 fully saturated rings. The van der Waals surface area contributed by atoms with Crippen molar-refractivity contribution in [3.05, 3.63) is 64.5 Å². The minimum absolute atomic E-state index is 0.0254. The number of Topliss-reactive ketones (excluding diaryl/α,β-unsaturated/α-hetero) is 1. The van der Waals surface area contributed by atoms with Crippen molar-refractivity contribution in [3.8, 4) is 5.75 Å². The molecule has 34 heavy (non-hydrogen) atoms. The standard InChI is InChI=1S/C27H33FN2O4/c1-6-24(32)30-13-12-18-16-19(34-5)9-10-20(18)25(30)23(31)15-17-8-11-21(22(28)14-17)27(3,4)26(33)29-7-2/h8-11,14,16,25H,6-7,12-13,15H2,1-5H3,(H,29,33). The number of nitrogens with zero attached hydrogens (tertiary/aromatic N) is 1. The molecule has 1 aliphatic heterocycles. The molecule has 2 aromatic rings. The number of hydrogen-bond donors (Lipinski definition) is 1. The zero-order valence-electron chi connectivity index (χ0n) is 20.5. The molecule has 2 aromatic carbocycles. The second-order valence-corrected chi connectivity index (χ2v) is 9.10. The Hall–Kier alpha value is -3.22. The fraction of sp³-hybridized carbons (Fsp3) is 0.444. The van der Waals surface area contributed by atoms with Crippen molar-refractivity contribution in [2.45, 2.75) is 58.4 Å². The molecule has 0 spiro atoms. The SMILES string of the molecule is CCNC(=O)C(C)(C)c1ccc(CC(=O)C2c3ccc(OC)cc3CCN2C(=O)CC)cc1F. The van der Waals surface area contributed by atoms with Gasteiger partial charge in [-0.25, -0.2) is 4.39 Å². The average Bonchev–Trinajstić information content (AvgIpc) is 2.82. The molecule has 0 bridgehead atoms. The predicted octanol–water partition coefficient (Wildman–Crippen LogP) is 3.90. The van der Waals surface area contributed by atoms with Crippen molar-refractivity contribution in [1.29, 1.82) is 0 Å². The molecule has 1 atom stereocenters. The number of fused-ring (bicyclic) bond motifs is 1. The molecule has 1 aliphatic rings. The Labute approximate surface area is 200 Å². The van der Waals surface area contributed by atoms with Gasteiger partial charge in [0.2, 0.25) is 11.8 Å². The quantitative estimate of drug-likeness (QED) is 0.638. The molecule has 0 saturated carbocycles. The first-order valence-electron chi connectivity index (χ1n) is 11.7. The number of carbonyl (C=O) groups is 3. The Morgan fingerprint density at radius 1 is 1.15 bits per heavy atom. The van der Waals surface area contributed by atoms with Gasteiger partial charge in [0.15, 0.2) is 5.78 Å². The highest BCUT2D eigenvalue weighted by atomic mass is 19.1. The molecule has 0 saturated heterocycles. The number of amides is 2. The summed E-state index contributed by atoms with van der Waals surface area (Å²) in [6, 6.07) is 9.38. The normalized spacial score (nSPS) is 15.5. The summed E-state index contributed by atoms with van der Waals surface area (Å²) < 4.78 is 20.4. The van der Waals surface area contributed by atoms with Crippen LogP contribution in [0.15, 0.2) is 36.4 Å². The van der Waals surface area contributed by atoms with E-state index in [0.717, 1.165) is 11.1 Å². The van der Waals surface area contributed by atoms with Crippen LogP contribution in [-0.2, 0) is 32.6 Å². The van der Waals surface area contributed by atoms with Crippen LogP contribution in [0.1, 0.15) is 62.4 Å². The number of benzene rings is 2. The molecule has 182 valence electrons. The minimum atomic E-state index is -1.05. The zero-order valence-corrected chi connectivity index (χ0v) is 20.5. The largest absolute Gasteiger partial charge is 0.497 e. The topological polar surface area (TPSA) is 75.7 Å². The number of methoxy groups -OCH3 is 1. The lowest BCUT2D eigenvalue weighted by Gasteiger charge is -2.36. The molecule has 1 unspecified atom stereocenters. The van der Waals surface area contributed by atoms with E-state index in [0.29, 0.717) is 37.2 Å². The van der Waals surface area contributed by atoms with Crippen LogP contribution in [-0.4, -0.2) is 42.7 Å². The number of nitrogens with one attached hydrogen (secondary N) is 1. The highest BCUT2D eigenvalue weighted by molar-refractivity contribution is 5.92. The lowest BCUT2D eigenvalue weighted by Crippen LogP contribution is -2.43. The van der Waals surface area contributed by atoms with E-state index in [2.05, 4.69) is 5.32 Å². The zero-order chi connectivity index (χ0) is 25.0. The summed E-state index contributed by atoms with van der Waals surface area (Å²) in [4.78, 5) is 40.2. The van der Waals surface area contributed by atoms with Gasteiger partial charge in [-0.3, -0.25) is 14.4 Å². The van der Waals surface area contributed by atoms with Crippen LogP contribution in [0.2, 0.25) is 0 Å². The van der Waals surface area contributed by atoms with E-state index in [9.17, 15) is 14.4 Å². The molecular weight excluding hydrogens is 435 g/mol. The molecule has 0 aliphatic carbocycles. The predicted molar refractivity (Wildman–Crippen MR) is 128 cm³/mol. The van der Waals surface area contributed by atoms with Crippen LogP contribution in [0.25, 0.3) is 0 Å². The number of likely N-dealkylation sites (N-methyl/N-ethyl adjacent to an activating group) is 1. The summed E-state index contributed by atoms with van der Waals surface area (Å²) in [5.41, 5.74) is 1.49. The van der Waals surface area contributed by atoms with E-state index < -0.39 is 17.3 Å². The summed E-state index contributed by atoms with van der Waals surface area (Å²) in [6.07, 6.45) is 0.913. The molecular formula is C27H33FN2O4.